The molecule has 0 aromatic heterocycles. The van der Waals surface area contributed by atoms with E-state index >= 15 is 0 Å². The van der Waals surface area contributed by atoms with Gasteiger partial charge in [0.15, 0.2) is 0 Å². The van der Waals surface area contributed by atoms with Crippen LogP contribution in [0.4, 0.5) is 0 Å². The summed E-state index contributed by atoms with van der Waals surface area (Å²) in [5.41, 5.74) is 5.75. The van der Waals surface area contributed by atoms with Crippen LogP contribution in [0.3, 0.4) is 0 Å². The number of hydrogen-bond donors (Lipinski definition) is 2. The van der Waals surface area contributed by atoms with Gasteiger partial charge in [0.25, 0.3) is 0 Å². The number of amides is 1. The second-order valence-corrected chi connectivity index (χ2v) is 5.56. The first-order valence-electron chi connectivity index (χ1n) is 7.39. The molecular weight excluding hydrogens is 226 g/mol. The predicted molar refractivity (Wildman–Crippen MR) is 75.3 cm³/mol. The van der Waals surface area contributed by atoms with Crippen LogP contribution in [0.15, 0.2) is 0 Å². The highest BCUT2D eigenvalue weighted by Crippen LogP contribution is 2.15. The molecule has 0 unspecified atom stereocenters. The van der Waals surface area contributed by atoms with Gasteiger partial charge in [-0.3, -0.25) is 4.79 Å². The maximum Gasteiger partial charge on any atom is 0.236 e. The zero-order valence-electron chi connectivity index (χ0n) is 12.0. The Kier molecular flexibility index (Phi) is 7.28. The molecule has 1 aliphatic heterocycles. The highest BCUT2D eigenvalue weighted by atomic mass is 16.2. The summed E-state index contributed by atoms with van der Waals surface area (Å²) in [6, 6.07) is -0.328. The normalized spacial score (nSPS) is 19.7. The summed E-state index contributed by atoms with van der Waals surface area (Å²) in [7, 11) is 0. The van der Waals surface area contributed by atoms with Crippen molar-refractivity contribution in [1.82, 2.24) is 10.2 Å². The summed E-state index contributed by atoms with van der Waals surface area (Å²) < 4.78 is 0. The third-order valence-electron chi connectivity index (χ3n) is 3.76. The molecule has 0 bridgehead atoms. The van der Waals surface area contributed by atoms with Gasteiger partial charge in [0.2, 0.25) is 5.91 Å². The Morgan fingerprint density at radius 1 is 1.44 bits per heavy atom. The van der Waals surface area contributed by atoms with E-state index in [1.165, 1.54) is 25.9 Å². The minimum absolute atomic E-state index is 0.00381. The van der Waals surface area contributed by atoms with Crippen molar-refractivity contribution in [3.8, 4) is 0 Å². The Hall–Kier alpha value is -0.610. The van der Waals surface area contributed by atoms with E-state index in [-0.39, 0.29) is 11.9 Å². The maximum atomic E-state index is 11.6. The molecule has 1 aliphatic rings. The third kappa shape index (κ3) is 5.83. The van der Waals surface area contributed by atoms with E-state index < -0.39 is 0 Å². The van der Waals surface area contributed by atoms with Gasteiger partial charge < -0.3 is 16.0 Å². The lowest BCUT2D eigenvalue weighted by Gasteiger charge is -2.30. The number of nitrogens with zero attached hydrogens (tertiary/aromatic N) is 1. The highest BCUT2D eigenvalue weighted by molar-refractivity contribution is 5.81. The Morgan fingerprint density at radius 2 is 2.11 bits per heavy atom. The molecule has 1 atom stereocenters. The number of hydrogen-bond acceptors (Lipinski definition) is 3. The van der Waals surface area contributed by atoms with Gasteiger partial charge in [0, 0.05) is 6.54 Å². The van der Waals surface area contributed by atoms with Gasteiger partial charge in [0.1, 0.15) is 0 Å². The van der Waals surface area contributed by atoms with Crippen molar-refractivity contribution in [2.24, 2.45) is 11.7 Å². The molecular formula is C14H29N3O. The van der Waals surface area contributed by atoms with Crippen molar-refractivity contribution in [2.45, 2.75) is 52.0 Å². The van der Waals surface area contributed by atoms with Crippen molar-refractivity contribution in [1.29, 1.82) is 0 Å². The average molecular weight is 255 g/mol. The zero-order valence-corrected chi connectivity index (χ0v) is 12.0. The lowest BCUT2D eigenvalue weighted by atomic mass is 9.99. The lowest BCUT2D eigenvalue weighted by molar-refractivity contribution is -0.122. The molecule has 1 heterocycles. The number of rotatable bonds is 7. The van der Waals surface area contributed by atoms with Crippen LogP contribution < -0.4 is 11.1 Å². The van der Waals surface area contributed by atoms with Gasteiger partial charge >= 0.3 is 0 Å². The Labute approximate surface area is 111 Å². The van der Waals surface area contributed by atoms with E-state index in [4.69, 9.17) is 5.73 Å². The van der Waals surface area contributed by atoms with E-state index in [2.05, 4.69) is 17.1 Å². The standard InChI is InChI=1S/C14H29N3O/c1-3-5-13(15)14(18)16-8-4-9-17-10-6-12(2)7-11-17/h12-13H,3-11,15H2,1-2H3,(H,16,18)/t13-/m0/s1. The Bertz CT molecular complexity index is 237. The van der Waals surface area contributed by atoms with Crippen LogP contribution in [0.5, 0.6) is 0 Å². The second-order valence-electron chi connectivity index (χ2n) is 5.56. The number of piperidine rings is 1. The van der Waals surface area contributed by atoms with Gasteiger partial charge in [-0.2, -0.15) is 0 Å². The first-order chi connectivity index (χ1) is 8.63. The molecule has 1 rings (SSSR count). The van der Waals surface area contributed by atoms with E-state index in [9.17, 15) is 4.79 Å². The summed E-state index contributed by atoms with van der Waals surface area (Å²) in [6.45, 7) is 8.64. The van der Waals surface area contributed by atoms with Crippen LogP contribution in [0.1, 0.15) is 46.0 Å². The van der Waals surface area contributed by atoms with E-state index in [1.54, 1.807) is 0 Å². The van der Waals surface area contributed by atoms with Gasteiger partial charge in [-0.05, 0) is 51.2 Å². The smallest absolute Gasteiger partial charge is 0.236 e. The zero-order chi connectivity index (χ0) is 13.4. The van der Waals surface area contributed by atoms with Crippen LogP contribution >= 0.6 is 0 Å². The largest absolute Gasteiger partial charge is 0.355 e. The topological polar surface area (TPSA) is 58.4 Å². The molecule has 18 heavy (non-hydrogen) atoms. The highest BCUT2D eigenvalue weighted by Gasteiger charge is 2.15. The molecule has 3 N–H and O–H groups in total. The van der Waals surface area contributed by atoms with Gasteiger partial charge in [-0.25, -0.2) is 0 Å². The quantitative estimate of drug-likeness (QED) is 0.675. The van der Waals surface area contributed by atoms with Crippen molar-refractivity contribution < 1.29 is 4.79 Å². The Morgan fingerprint density at radius 3 is 2.72 bits per heavy atom. The summed E-state index contributed by atoms with van der Waals surface area (Å²) >= 11 is 0. The van der Waals surface area contributed by atoms with Crippen LogP contribution in [-0.4, -0.2) is 43.0 Å². The first-order valence-corrected chi connectivity index (χ1v) is 7.39. The molecule has 0 aromatic rings. The minimum atomic E-state index is -0.328. The van der Waals surface area contributed by atoms with Gasteiger partial charge in [-0.15, -0.1) is 0 Å². The van der Waals surface area contributed by atoms with Crippen molar-refractivity contribution in [3.05, 3.63) is 0 Å². The predicted octanol–water partition coefficient (Wildman–Crippen LogP) is 1.35. The summed E-state index contributed by atoms with van der Waals surface area (Å²) in [6.07, 6.45) is 5.39. The SMILES string of the molecule is CCC[C@H](N)C(=O)NCCCN1CCC(C)CC1. The lowest BCUT2D eigenvalue weighted by Crippen LogP contribution is -2.41. The molecule has 1 fully saturated rings. The fourth-order valence-electron chi connectivity index (χ4n) is 2.37. The Balaban J connectivity index is 2.02. The van der Waals surface area contributed by atoms with Crippen LogP contribution in [-0.2, 0) is 4.79 Å². The van der Waals surface area contributed by atoms with Crippen molar-refractivity contribution in [2.75, 3.05) is 26.2 Å². The molecule has 0 saturated carbocycles. The molecule has 0 spiro atoms. The molecule has 0 aromatic carbocycles. The molecule has 1 saturated heterocycles. The monoisotopic (exact) mass is 255 g/mol. The second kappa shape index (κ2) is 8.48. The van der Waals surface area contributed by atoms with Gasteiger partial charge in [-0.1, -0.05) is 20.3 Å². The maximum absolute atomic E-state index is 11.6. The first kappa shape index (κ1) is 15.4. The summed E-state index contributed by atoms with van der Waals surface area (Å²) in [5.74, 6) is 0.886. The number of carbonyl (C=O) groups is 1. The molecule has 106 valence electrons. The number of nitrogens with one attached hydrogen (secondary N) is 1. The van der Waals surface area contributed by atoms with Crippen LogP contribution in [0, 0.1) is 5.92 Å². The number of carbonyl (C=O) groups excluding carboxylic acids is 1. The van der Waals surface area contributed by atoms with Crippen LogP contribution in [0.25, 0.3) is 0 Å². The van der Waals surface area contributed by atoms with Crippen molar-refractivity contribution in [3.63, 3.8) is 0 Å². The van der Waals surface area contributed by atoms with E-state index in [1.807, 2.05) is 6.92 Å². The number of likely N-dealkylation sites (tertiary alicyclic amines) is 1. The molecule has 0 radical (unpaired) electrons. The molecule has 0 aliphatic carbocycles. The minimum Gasteiger partial charge on any atom is -0.355 e. The van der Waals surface area contributed by atoms with Crippen molar-refractivity contribution >= 4 is 5.91 Å². The fourth-order valence-corrected chi connectivity index (χ4v) is 2.37. The number of nitrogens with two attached hydrogens (primary N) is 1. The average Bonchev–Trinajstić information content (AvgIpc) is 2.36. The third-order valence-corrected chi connectivity index (χ3v) is 3.76. The molecule has 4 heteroatoms. The summed E-state index contributed by atoms with van der Waals surface area (Å²) in [5, 5.41) is 2.92. The van der Waals surface area contributed by atoms with E-state index in [0.29, 0.717) is 0 Å². The summed E-state index contributed by atoms with van der Waals surface area (Å²) in [4.78, 5) is 14.1. The molecule has 1 amide bonds. The fraction of sp³-hybridized carbons (Fsp3) is 0.929. The van der Waals surface area contributed by atoms with E-state index in [0.717, 1.165) is 38.3 Å². The molecule has 4 nitrogen and oxygen atoms in total. The van der Waals surface area contributed by atoms with Gasteiger partial charge in [0.05, 0.1) is 6.04 Å². The van der Waals surface area contributed by atoms with Crippen LogP contribution in [0.2, 0.25) is 0 Å².